The van der Waals surface area contributed by atoms with E-state index in [1.807, 2.05) is 6.07 Å². The van der Waals surface area contributed by atoms with Gasteiger partial charge in [-0.3, -0.25) is 4.79 Å². The minimum absolute atomic E-state index is 0.301. The predicted molar refractivity (Wildman–Crippen MR) is 74.7 cm³/mol. The highest BCUT2D eigenvalue weighted by atomic mass is 32.2. The van der Waals surface area contributed by atoms with Crippen molar-refractivity contribution in [2.75, 3.05) is 5.75 Å². The van der Waals surface area contributed by atoms with Gasteiger partial charge in [0.25, 0.3) is 0 Å². The van der Waals surface area contributed by atoms with Crippen LogP contribution >= 0.6 is 11.8 Å². The second-order valence-corrected chi connectivity index (χ2v) is 6.58. The van der Waals surface area contributed by atoms with Crippen molar-refractivity contribution in [1.82, 2.24) is 10.1 Å². The van der Waals surface area contributed by atoms with Gasteiger partial charge in [0.15, 0.2) is 0 Å². The number of thioether (sulfide) groups is 1. The summed E-state index contributed by atoms with van der Waals surface area (Å²) < 4.78 is 4.79. The summed E-state index contributed by atoms with van der Waals surface area (Å²) in [6.45, 7) is 2.22. The Morgan fingerprint density at radius 2 is 2.32 bits per heavy atom. The van der Waals surface area contributed by atoms with Crippen LogP contribution in [0.15, 0.2) is 16.9 Å². The normalized spacial score (nSPS) is 20.3. The van der Waals surface area contributed by atoms with Gasteiger partial charge in [0, 0.05) is 23.9 Å². The summed E-state index contributed by atoms with van der Waals surface area (Å²) in [6.07, 6.45) is 6.55. The van der Waals surface area contributed by atoms with E-state index in [2.05, 4.69) is 17.0 Å². The van der Waals surface area contributed by atoms with Gasteiger partial charge in [-0.05, 0) is 38.5 Å². The van der Waals surface area contributed by atoms with Gasteiger partial charge in [-0.1, -0.05) is 5.16 Å². The fourth-order valence-corrected chi connectivity index (χ4v) is 3.34. The Kier molecular flexibility index (Phi) is 3.82. The predicted octanol–water partition coefficient (Wildman–Crippen LogP) is 2.70. The first-order valence-corrected chi connectivity index (χ1v) is 8.19. The summed E-state index contributed by atoms with van der Waals surface area (Å²) in [5.74, 6) is 2.36. The molecule has 1 aromatic rings. The Bertz CT molecular complexity index is 427. The third-order valence-electron chi connectivity index (χ3n) is 3.94. The van der Waals surface area contributed by atoms with E-state index in [0.717, 1.165) is 17.4 Å². The maximum Gasteiger partial charge on any atom is 0.233 e. The second kappa shape index (κ2) is 5.57. The van der Waals surface area contributed by atoms with Gasteiger partial charge in [0.2, 0.25) is 5.91 Å². The molecule has 1 unspecified atom stereocenters. The molecule has 0 radical (unpaired) electrons. The zero-order valence-corrected chi connectivity index (χ0v) is 12.1. The third kappa shape index (κ3) is 3.32. The lowest BCUT2D eigenvalue weighted by Crippen LogP contribution is -2.42. The van der Waals surface area contributed by atoms with Crippen molar-refractivity contribution in [3.8, 4) is 0 Å². The summed E-state index contributed by atoms with van der Waals surface area (Å²) in [7, 11) is 0. The monoisotopic (exact) mass is 280 g/mol. The summed E-state index contributed by atoms with van der Waals surface area (Å²) in [5.41, 5.74) is 0.908. The van der Waals surface area contributed by atoms with Crippen LogP contribution in [-0.2, 0) is 10.5 Å². The number of nitrogens with zero attached hydrogens (tertiary/aromatic N) is 2. The molecular weight excluding hydrogens is 260 g/mol. The summed E-state index contributed by atoms with van der Waals surface area (Å²) >= 11 is 1.63. The number of carbonyl (C=O) groups is 1. The first kappa shape index (κ1) is 13.0. The maximum atomic E-state index is 12.4. The zero-order valence-electron chi connectivity index (χ0n) is 11.2. The van der Waals surface area contributed by atoms with Gasteiger partial charge >= 0.3 is 0 Å². The van der Waals surface area contributed by atoms with Gasteiger partial charge in [-0.25, -0.2) is 0 Å². The van der Waals surface area contributed by atoms with Crippen LogP contribution in [0, 0.1) is 5.92 Å². The highest BCUT2D eigenvalue weighted by Crippen LogP contribution is 2.39. The van der Waals surface area contributed by atoms with Crippen LogP contribution in [0.2, 0.25) is 0 Å². The van der Waals surface area contributed by atoms with Gasteiger partial charge in [-0.2, -0.15) is 0 Å². The van der Waals surface area contributed by atoms with Crippen molar-refractivity contribution < 1.29 is 9.32 Å². The van der Waals surface area contributed by atoms with Gasteiger partial charge < -0.3 is 9.42 Å². The Hall–Kier alpha value is -0.970. The largest absolute Gasteiger partial charge is 0.364 e. The number of hydrogen-bond acceptors (Lipinski definition) is 4. The molecule has 0 aliphatic heterocycles. The molecule has 0 N–H and O–H groups in total. The summed E-state index contributed by atoms with van der Waals surface area (Å²) in [5, 5.41) is 3.86. The molecule has 0 saturated heterocycles. The molecule has 2 aliphatic rings. The van der Waals surface area contributed by atoms with Crippen LogP contribution in [0.5, 0.6) is 0 Å². The molecule has 1 amide bonds. The van der Waals surface area contributed by atoms with Crippen molar-refractivity contribution in [2.24, 2.45) is 5.92 Å². The highest BCUT2D eigenvalue weighted by Gasteiger charge is 2.41. The van der Waals surface area contributed by atoms with E-state index < -0.39 is 0 Å². The molecule has 0 aromatic carbocycles. The standard InChI is InChI=1S/C14H20N2O2S/c1-10(11-2-3-11)16(13-4-5-13)14(17)9-19-8-12-6-7-18-15-12/h6-7,10-11,13H,2-5,8-9H2,1H3. The number of rotatable bonds is 7. The van der Waals surface area contributed by atoms with Crippen LogP contribution in [-0.4, -0.2) is 33.8 Å². The Labute approximate surface area is 117 Å². The molecule has 2 saturated carbocycles. The van der Waals surface area contributed by atoms with E-state index in [9.17, 15) is 4.79 Å². The van der Waals surface area contributed by atoms with Crippen LogP contribution in [0.3, 0.4) is 0 Å². The van der Waals surface area contributed by atoms with E-state index in [-0.39, 0.29) is 0 Å². The highest BCUT2D eigenvalue weighted by molar-refractivity contribution is 7.99. The Balaban J connectivity index is 1.49. The molecule has 2 aliphatic carbocycles. The fourth-order valence-electron chi connectivity index (χ4n) is 2.55. The minimum Gasteiger partial charge on any atom is -0.364 e. The smallest absolute Gasteiger partial charge is 0.233 e. The van der Waals surface area contributed by atoms with Crippen molar-refractivity contribution in [3.05, 3.63) is 18.0 Å². The number of hydrogen-bond donors (Lipinski definition) is 0. The number of amides is 1. The van der Waals surface area contributed by atoms with Crippen molar-refractivity contribution in [1.29, 1.82) is 0 Å². The molecule has 5 heteroatoms. The molecule has 2 fully saturated rings. The first-order valence-electron chi connectivity index (χ1n) is 7.04. The molecule has 1 heterocycles. The quantitative estimate of drug-likeness (QED) is 0.770. The van der Waals surface area contributed by atoms with Crippen molar-refractivity contribution >= 4 is 17.7 Å². The number of carbonyl (C=O) groups excluding carboxylic acids is 1. The van der Waals surface area contributed by atoms with E-state index >= 15 is 0 Å². The molecule has 0 bridgehead atoms. The molecule has 1 aromatic heterocycles. The lowest BCUT2D eigenvalue weighted by molar-refractivity contribution is -0.131. The topological polar surface area (TPSA) is 46.3 Å². The molecule has 1 atom stereocenters. The van der Waals surface area contributed by atoms with Crippen LogP contribution in [0.4, 0.5) is 0 Å². The Morgan fingerprint density at radius 3 is 2.89 bits per heavy atom. The van der Waals surface area contributed by atoms with E-state index in [0.29, 0.717) is 23.7 Å². The Morgan fingerprint density at radius 1 is 1.53 bits per heavy atom. The van der Waals surface area contributed by atoms with Crippen LogP contribution in [0.1, 0.15) is 38.3 Å². The molecule has 0 spiro atoms. The first-order chi connectivity index (χ1) is 9.25. The lowest BCUT2D eigenvalue weighted by Gasteiger charge is -2.29. The summed E-state index contributed by atoms with van der Waals surface area (Å²) in [4.78, 5) is 14.5. The van der Waals surface area contributed by atoms with Gasteiger partial charge in [-0.15, -0.1) is 11.8 Å². The maximum absolute atomic E-state index is 12.4. The molecular formula is C14H20N2O2S. The van der Waals surface area contributed by atoms with E-state index in [1.165, 1.54) is 25.7 Å². The minimum atomic E-state index is 0.301. The average Bonchev–Trinajstić information content (AvgIpc) is 3.30. The van der Waals surface area contributed by atoms with Gasteiger partial charge in [0.1, 0.15) is 6.26 Å². The summed E-state index contributed by atoms with van der Waals surface area (Å²) in [6, 6.07) is 2.81. The van der Waals surface area contributed by atoms with Gasteiger partial charge in [0.05, 0.1) is 11.4 Å². The second-order valence-electron chi connectivity index (χ2n) is 5.59. The zero-order chi connectivity index (χ0) is 13.2. The number of aromatic nitrogens is 1. The molecule has 104 valence electrons. The van der Waals surface area contributed by atoms with E-state index in [4.69, 9.17) is 4.52 Å². The lowest BCUT2D eigenvalue weighted by atomic mass is 10.2. The van der Waals surface area contributed by atoms with Crippen molar-refractivity contribution in [2.45, 2.75) is 50.4 Å². The molecule has 4 nitrogen and oxygen atoms in total. The third-order valence-corrected chi connectivity index (χ3v) is 4.89. The molecule has 19 heavy (non-hydrogen) atoms. The van der Waals surface area contributed by atoms with Crippen LogP contribution in [0.25, 0.3) is 0 Å². The SMILES string of the molecule is CC(C1CC1)N(C(=O)CSCc1ccon1)C1CC1. The van der Waals surface area contributed by atoms with E-state index in [1.54, 1.807) is 18.0 Å². The van der Waals surface area contributed by atoms with Crippen LogP contribution < -0.4 is 0 Å². The molecule has 3 rings (SSSR count). The van der Waals surface area contributed by atoms with Crippen molar-refractivity contribution in [3.63, 3.8) is 0 Å². The fraction of sp³-hybridized carbons (Fsp3) is 0.714. The average molecular weight is 280 g/mol.